The number of carbonyl (C=O) groups is 1. The fourth-order valence-corrected chi connectivity index (χ4v) is 4.63. The summed E-state index contributed by atoms with van der Waals surface area (Å²) in [5.74, 6) is -0.705. The monoisotopic (exact) mass is 480 g/mol. The highest BCUT2D eigenvalue weighted by Gasteiger charge is 2.42. The van der Waals surface area contributed by atoms with E-state index in [2.05, 4.69) is 17.6 Å². The Labute approximate surface area is 203 Å². The Kier molecular flexibility index (Phi) is 13.0. The molecule has 0 aromatic heterocycles. The standard InChI is InChI=1S/C26H44N2O6/c1-2-3-4-5-6-7-11-14-22(30)28-21(23(31)18-12-9-8-10-13-18)16-27-20-15-19(17-29)24(32)26(34)25(20)33/h8-10,12-13,19-21,23-27,29,31-34H,2-7,11,14-17H2,1H3,(H,28,30)/t19?,20?,21-,23+,24?,25?,26?/m0/s1. The van der Waals surface area contributed by atoms with Crippen LogP contribution in [-0.2, 0) is 4.79 Å². The van der Waals surface area contributed by atoms with Crippen molar-refractivity contribution in [3.05, 3.63) is 35.9 Å². The Morgan fingerprint density at radius 1 is 0.971 bits per heavy atom. The maximum atomic E-state index is 12.6. The second-order valence-corrected chi connectivity index (χ2v) is 9.57. The molecule has 1 aromatic carbocycles. The average Bonchev–Trinajstić information content (AvgIpc) is 2.85. The molecule has 1 amide bonds. The third-order valence-corrected chi connectivity index (χ3v) is 6.86. The first-order valence-electron chi connectivity index (χ1n) is 12.8. The molecule has 5 unspecified atom stereocenters. The summed E-state index contributed by atoms with van der Waals surface area (Å²) in [7, 11) is 0. The number of hydrogen-bond donors (Lipinski definition) is 7. The molecular weight excluding hydrogens is 436 g/mol. The van der Waals surface area contributed by atoms with E-state index < -0.39 is 42.4 Å². The lowest BCUT2D eigenvalue weighted by Crippen LogP contribution is -2.60. The van der Waals surface area contributed by atoms with E-state index in [0.29, 0.717) is 12.0 Å². The van der Waals surface area contributed by atoms with E-state index in [-0.39, 0.29) is 25.5 Å². The van der Waals surface area contributed by atoms with E-state index in [1.807, 2.05) is 18.2 Å². The number of carbonyl (C=O) groups excluding carboxylic acids is 1. The van der Waals surface area contributed by atoms with Crippen molar-refractivity contribution in [1.82, 2.24) is 10.6 Å². The molecule has 1 aromatic rings. The number of rotatable bonds is 15. The zero-order valence-electron chi connectivity index (χ0n) is 20.4. The Hall–Kier alpha value is -1.55. The van der Waals surface area contributed by atoms with Crippen molar-refractivity contribution in [3.63, 3.8) is 0 Å². The molecule has 0 saturated heterocycles. The summed E-state index contributed by atoms with van der Waals surface area (Å²) in [6, 6.07) is 7.82. The van der Waals surface area contributed by atoms with Crippen molar-refractivity contribution in [3.8, 4) is 0 Å². The number of hydrogen-bond acceptors (Lipinski definition) is 7. The largest absolute Gasteiger partial charge is 0.396 e. The number of unbranched alkanes of at least 4 members (excludes halogenated alkanes) is 6. The van der Waals surface area contributed by atoms with E-state index >= 15 is 0 Å². The third-order valence-electron chi connectivity index (χ3n) is 6.86. The molecule has 1 fully saturated rings. The lowest BCUT2D eigenvalue weighted by molar-refractivity contribution is -0.131. The summed E-state index contributed by atoms with van der Waals surface area (Å²) < 4.78 is 0. The molecule has 0 aliphatic heterocycles. The summed E-state index contributed by atoms with van der Waals surface area (Å²) >= 11 is 0. The van der Waals surface area contributed by atoms with Gasteiger partial charge in [-0.15, -0.1) is 0 Å². The summed E-state index contributed by atoms with van der Waals surface area (Å²) in [5, 5.41) is 57.1. The van der Waals surface area contributed by atoms with Crippen LogP contribution in [0.25, 0.3) is 0 Å². The van der Waals surface area contributed by atoms with Crippen molar-refractivity contribution in [2.45, 2.75) is 101 Å². The topological polar surface area (TPSA) is 142 Å². The molecule has 2 rings (SSSR count). The van der Waals surface area contributed by atoms with Gasteiger partial charge in [0.2, 0.25) is 5.91 Å². The van der Waals surface area contributed by atoms with E-state index in [0.717, 1.165) is 19.3 Å². The minimum Gasteiger partial charge on any atom is -0.396 e. The molecule has 0 heterocycles. The number of benzene rings is 1. The zero-order chi connectivity index (χ0) is 24.9. The second-order valence-electron chi connectivity index (χ2n) is 9.57. The maximum absolute atomic E-state index is 12.6. The summed E-state index contributed by atoms with van der Waals surface area (Å²) in [6.45, 7) is 2.03. The van der Waals surface area contributed by atoms with Gasteiger partial charge in [-0.2, -0.15) is 0 Å². The highest BCUT2D eigenvalue weighted by atomic mass is 16.4. The van der Waals surface area contributed by atoms with Crippen LogP contribution < -0.4 is 10.6 Å². The van der Waals surface area contributed by atoms with Crippen LogP contribution in [0.5, 0.6) is 0 Å². The molecule has 194 valence electrons. The fraction of sp³-hybridized carbons (Fsp3) is 0.731. The Balaban J connectivity index is 1.94. The molecule has 7 N–H and O–H groups in total. The van der Waals surface area contributed by atoms with Crippen LogP contribution in [0.3, 0.4) is 0 Å². The van der Waals surface area contributed by atoms with Crippen molar-refractivity contribution in [1.29, 1.82) is 0 Å². The van der Waals surface area contributed by atoms with E-state index in [1.54, 1.807) is 12.1 Å². The fourth-order valence-electron chi connectivity index (χ4n) is 4.63. The zero-order valence-corrected chi connectivity index (χ0v) is 20.4. The molecule has 1 saturated carbocycles. The van der Waals surface area contributed by atoms with E-state index in [9.17, 15) is 30.3 Å². The molecular formula is C26H44N2O6. The second kappa shape index (κ2) is 15.4. The minimum atomic E-state index is -1.38. The Morgan fingerprint density at radius 3 is 2.26 bits per heavy atom. The predicted molar refractivity (Wildman–Crippen MR) is 131 cm³/mol. The van der Waals surface area contributed by atoms with Crippen LogP contribution in [0, 0.1) is 5.92 Å². The van der Waals surface area contributed by atoms with Gasteiger partial charge in [0, 0.05) is 31.5 Å². The lowest BCUT2D eigenvalue weighted by Gasteiger charge is -2.41. The predicted octanol–water partition coefficient (Wildman–Crippen LogP) is 1.40. The van der Waals surface area contributed by atoms with Crippen LogP contribution in [0.2, 0.25) is 0 Å². The quantitative estimate of drug-likeness (QED) is 0.188. The molecule has 1 aliphatic rings. The molecule has 1 aliphatic carbocycles. The SMILES string of the molecule is CCCCCCCCCC(=O)N[C@@H](CNC1CC(CO)C(O)C(O)C1O)[C@H](O)c1ccccc1. The highest BCUT2D eigenvalue weighted by molar-refractivity contribution is 5.76. The van der Waals surface area contributed by atoms with Crippen molar-refractivity contribution in [2.24, 2.45) is 5.92 Å². The number of nitrogens with one attached hydrogen (secondary N) is 2. The van der Waals surface area contributed by atoms with Crippen molar-refractivity contribution < 1.29 is 30.3 Å². The molecule has 34 heavy (non-hydrogen) atoms. The van der Waals surface area contributed by atoms with Crippen molar-refractivity contribution in [2.75, 3.05) is 13.2 Å². The van der Waals surface area contributed by atoms with Gasteiger partial charge in [-0.3, -0.25) is 4.79 Å². The van der Waals surface area contributed by atoms with Crippen LogP contribution >= 0.6 is 0 Å². The molecule has 8 nitrogen and oxygen atoms in total. The number of aliphatic hydroxyl groups is 5. The van der Waals surface area contributed by atoms with Gasteiger partial charge in [0.25, 0.3) is 0 Å². The summed E-state index contributed by atoms with van der Waals surface area (Å²) in [6.07, 6.45) is 3.66. The van der Waals surface area contributed by atoms with Crippen LogP contribution in [-0.4, -0.2) is 75.0 Å². The molecule has 8 heteroatoms. The van der Waals surface area contributed by atoms with Crippen molar-refractivity contribution >= 4 is 5.91 Å². The Bertz CT molecular complexity index is 689. The molecule has 7 atom stereocenters. The van der Waals surface area contributed by atoms with Crippen LogP contribution in [0.4, 0.5) is 0 Å². The van der Waals surface area contributed by atoms with Crippen LogP contribution in [0.15, 0.2) is 30.3 Å². The summed E-state index contributed by atoms with van der Waals surface area (Å²) in [5.41, 5.74) is 0.665. The van der Waals surface area contributed by atoms with Gasteiger partial charge in [-0.05, 0) is 18.4 Å². The lowest BCUT2D eigenvalue weighted by atomic mass is 9.79. The highest BCUT2D eigenvalue weighted by Crippen LogP contribution is 2.26. The molecule has 0 spiro atoms. The maximum Gasteiger partial charge on any atom is 0.220 e. The van der Waals surface area contributed by atoms with Gasteiger partial charge in [-0.1, -0.05) is 75.8 Å². The normalized spacial score (nSPS) is 26.7. The van der Waals surface area contributed by atoms with Gasteiger partial charge in [0.05, 0.1) is 18.2 Å². The van der Waals surface area contributed by atoms with Gasteiger partial charge < -0.3 is 36.2 Å². The third kappa shape index (κ3) is 8.91. The minimum absolute atomic E-state index is 0.136. The van der Waals surface area contributed by atoms with Crippen LogP contribution in [0.1, 0.15) is 76.4 Å². The van der Waals surface area contributed by atoms with Gasteiger partial charge >= 0.3 is 0 Å². The smallest absolute Gasteiger partial charge is 0.220 e. The number of amides is 1. The van der Waals surface area contributed by atoms with Gasteiger partial charge in [0.1, 0.15) is 12.2 Å². The first-order valence-corrected chi connectivity index (χ1v) is 12.8. The van der Waals surface area contributed by atoms with Gasteiger partial charge in [-0.25, -0.2) is 0 Å². The first-order chi connectivity index (χ1) is 16.4. The number of aliphatic hydroxyl groups excluding tert-OH is 5. The van der Waals surface area contributed by atoms with E-state index in [4.69, 9.17) is 0 Å². The molecule has 0 radical (unpaired) electrons. The average molecular weight is 481 g/mol. The van der Waals surface area contributed by atoms with Gasteiger partial charge in [0.15, 0.2) is 0 Å². The molecule has 0 bridgehead atoms. The van der Waals surface area contributed by atoms with E-state index in [1.165, 1.54) is 25.7 Å². The first kappa shape index (κ1) is 28.7. The summed E-state index contributed by atoms with van der Waals surface area (Å²) in [4.78, 5) is 12.6. The Morgan fingerprint density at radius 2 is 1.62 bits per heavy atom.